The van der Waals surface area contributed by atoms with E-state index in [1.54, 1.807) is 0 Å². The highest BCUT2D eigenvalue weighted by Crippen LogP contribution is 2.37. The predicted molar refractivity (Wildman–Crippen MR) is 97.0 cm³/mol. The Kier molecular flexibility index (Phi) is 5.95. The van der Waals surface area contributed by atoms with Gasteiger partial charge in [0, 0.05) is 38.8 Å². The van der Waals surface area contributed by atoms with Crippen LogP contribution in [0.3, 0.4) is 0 Å². The van der Waals surface area contributed by atoms with Crippen molar-refractivity contribution >= 4 is 28.9 Å². The normalized spacial score (nSPS) is 21.0. The average Bonchev–Trinajstić information content (AvgIpc) is 3.09. The van der Waals surface area contributed by atoms with Crippen molar-refractivity contribution in [3.05, 3.63) is 32.8 Å². The number of morpholine rings is 1. The molecule has 0 spiro atoms. The molecule has 0 aliphatic carbocycles. The number of rotatable bonds is 5. The van der Waals surface area contributed by atoms with Gasteiger partial charge in [0.1, 0.15) is 5.69 Å². The van der Waals surface area contributed by atoms with E-state index in [1.807, 2.05) is 4.90 Å². The first-order valence-electron chi connectivity index (χ1n) is 8.61. The molecule has 0 bridgehead atoms. The van der Waals surface area contributed by atoms with Crippen molar-refractivity contribution in [3.63, 3.8) is 0 Å². The summed E-state index contributed by atoms with van der Waals surface area (Å²) in [5.41, 5.74) is 0.340. The number of nitrogens with zero attached hydrogens (tertiary/aromatic N) is 3. The molecule has 2 aliphatic heterocycles. The van der Waals surface area contributed by atoms with E-state index < -0.39 is 10.9 Å². The van der Waals surface area contributed by atoms with Gasteiger partial charge in [-0.05, 0) is 18.4 Å². The molecule has 142 valence electrons. The Hall–Kier alpha value is -1.90. The molecule has 1 aromatic rings. The van der Waals surface area contributed by atoms with E-state index in [4.69, 9.17) is 16.3 Å². The summed E-state index contributed by atoms with van der Waals surface area (Å²) in [6, 6.07) is 2.71. The second-order valence-electron chi connectivity index (χ2n) is 6.58. The Labute approximate surface area is 156 Å². The first-order chi connectivity index (χ1) is 12.5. The van der Waals surface area contributed by atoms with E-state index in [9.17, 15) is 14.9 Å². The number of carbonyl (C=O) groups is 1. The number of esters is 1. The van der Waals surface area contributed by atoms with Crippen molar-refractivity contribution in [3.8, 4) is 0 Å². The molecule has 1 unspecified atom stereocenters. The molecule has 0 aromatic heterocycles. The van der Waals surface area contributed by atoms with Gasteiger partial charge in [-0.1, -0.05) is 11.6 Å². The minimum absolute atomic E-state index is 0.00804. The van der Waals surface area contributed by atoms with Crippen molar-refractivity contribution < 1.29 is 19.2 Å². The topological polar surface area (TPSA) is 85.1 Å². The zero-order valence-corrected chi connectivity index (χ0v) is 15.4. The van der Waals surface area contributed by atoms with Gasteiger partial charge in [-0.3, -0.25) is 15.0 Å². The fraction of sp³-hybridized carbons (Fsp3) is 0.588. The zero-order valence-electron chi connectivity index (χ0n) is 14.6. The molecule has 1 aromatic carbocycles. The van der Waals surface area contributed by atoms with E-state index in [0.717, 1.165) is 52.4 Å². The molecule has 1 atom stereocenters. The SMILES string of the molecule is COC(=O)c1cc([N+](=O)[O-])c(N2CCC(CN3CCOCC3)C2)cc1Cl. The smallest absolute Gasteiger partial charge is 0.339 e. The van der Waals surface area contributed by atoms with Crippen LogP contribution in [0, 0.1) is 16.0 Å². The van der Waals surface area contributed by atoms with Crippen molar-refractivity contribution in [2.24, 2.45) is 5.92 Å². The summed E-state index contributed by atoms with van der Waals surface area (Å²) in [7, 11) is 1.22. The monoisotopic (exact) mass is 383 g/mol. The zero-order chi connectivity index (χ0) is 18.7. The van der Waals surface area contributed by atoms with Gasteiger partial charge in [-0.15, -0.1) is 0 Å². The number of hydrogen-bond acceptors (Lipinski definition) is 7. The maximum atomic E-state index is 11.8. The number of anilines is 1. The average molecular weight is 384 g/mol. The summed E-state index contributed by atoms with van der Waals surface area (Å²) in [6.45, 7) is 5.78. The largest absolute Gasteiger partial charge is 0.465 e. The van der Waals surface area contributed by atoms with Crippen LogP contribution >= 0.6 is 11.6 Å². The number of ether oxygens (including phenoxy) is 2. The van der Waals surface area contributed by atoms with Gasteiger partial charge >= 0.3 is 5.97 Å². The predicted octanol–water partition coefficient (Wildman–Crippen LogP) is 2.19. The molecular formula is C17H22ClN3O5. The van der Waals surface area contributed by atoms with Gasteiger partial charge in [-0.2, -0.15) is 0 Å². The number of nitro benzene ring substituents is 1. The van der Waals surface area contributed by atoms with Crippen LogP contribution in [0.5, 0.6) is 0 Å². The molecule has 0 N–H and O–H groups in total. The summed E-state index contributed by atoms with van der Waals surface area (Å²) < 4.78 is 10.0. The summed E-state index contributed by atoms with van der Waals surface area (Å²) in [5, 5.41) is 11.7. The van der Waals surface area contributed by atoms with Crippen molar-refractivity contribution in [1.29, 1.82) is 0 Å². The molecule has 2 aliphatic rings. The van der Waals surface area contributed by atoms with E-state index in [0.29, 0.717) is 11.6 Å². The number of hydrogen-bond donors (Lipinski definition) is 0. The summed E-state index contributed by atoms with van der Waals surface area (Å²) in [4.78, 5) is 27.1. The minimum atomic E-state index is -0.684. The molecule has 3 rings (SSSR count). The quantitative estimate of drug-likeness (QED) is 0.437. The Morgan fingerprint density at radius 2 is 2.12 bits per heavy atom. The standard InChI is InChI=1S/C17H22ClN3O5/c1-25-17(22)13-8-16(21(23)24)15(9-14(13)18)20-3-2-12(11-20)10-19-4-6-26-7-5-19/h8-9,12H,2-7,10-11H2,1H3. The van der Waals surface area contributed by atoms with Gasteiger partial charge in [-0.25, -0.2) is 4.79 Å². The van der Waals surface area contributed by atoms with E-state index in [-0.39, 0.29) is 16.3 Å². The Bertz CT molecular complexity index is 693. The second-order valence-corrected chi connectivity index (χ2v) is 6.99. The van der Waals surface area contributed by atoms with Crippen LogP contribution in [-0.2, 0) is 9.47 Å². The summed E-state index contributed by atoms with van der Waals surface area (Å²) in [6.07, 6.45) is 0.963. The van der Waals surface area contributed by atoms with Crippen LogP contribution in [0.1, 0.15) is 16.8 Å². The van der Waals surface area contributed by atoms with Crippen LogP contribution in [0.25, 0.3) is 0 Å². The number of nitro groups is 1. The van der Waals surface area contributed by atoms with Crippen LogP contribution in [0.4, 0.5) is 11.4 Å². The Balaban J connectivity index is 1.77. The Morgan fingerprint density at radius 3 is 2.77 bits per heavy atom. The lowest BCUT2D eigenvalue weighted by Crippen LogP contribution is -2.39. The van der Waals surface area contributed by atoms with Gasteiger partial charge in [0.2, 0.25) is 0 Å². The van der Waals surface area contributed by atoms with Crippen molar-refractivity contribution in [1.82, 2.24) is 4.90 Å². The highest BCUT2D eigenvalue weighted by molar-refractivity contribution is 6.34. The Morgan fingerprint density at radius 1 is 1.38 bits per heavy atom. The highest BCUT2D eigenvalue weighted by atomic mass is 35.5. The van der Waals surface area contributed by atoms with Gasteiger partial charge in [0.15, 0.2) is 0 Å². The molecule has 9 heteroatoms. The molecular weight excluding hydrogens is 362 g/mol. The molecule has 2 fully saturated rings. The van der Waals surface area contributed by atoms with Crippen LogP contribution < -0.4 is 4.90 Å². The maximum Gasteiger partial charge on any atom is 0.339 e. The van der Waals surface area contributed by atoms with E-state index in [2.05, 4.69) is 9.64 Å². The highest BCUT2D eigenvalue weighted by Gasteiger charge is 2.31. The third-order valence-electron chi connectivity index (χ3n) is 4.91. The molecule has 26 heavy (non-hydrogen) atoms. The molecule has 2 saturated heterocycles. The number of carbonyl (C=O) groups excluding carboxylic acids is 1. The van der Waals surface area contributed by atoms with Crippen molar-refractivity contribution in [2.75, 3.05) is 57.9 Å². The summed E-state index contributed by atoms with van der Waals surface area (Å²) >= 11 is 6.18. The number of methoxy groups -OCH3 is 1. The van der Waals surface area contributed by atoms with Crippen molar-refractivity contribution in [2.45, 2.75) is 6.42 Å². The lowest BCUT2D eigenvalue weighted by molar-refractivity contribution is -0.384. The fourth-order valence-electron chi connectivity index (χ4n) is 3.57. The first kappa shape index (κ1) is 18.9. The molecule has 8 nitrogen and oxygen atoms in total. The lowest BCUT2D eigenvalue weighted by atomic mass is 10.1. The summed E-state index contributed by atoms with van der Waals surface area (Å²) in [5.74, 6) is -0.247. The van der Waals surface area contributed by atoms with E-state index in [1.165, 1.54) is 19.2 Å². The molecule has 2 heterocycles. The third kappa shape index (κ3) is 4.08. The van der Waals surface area contributed by atoms with Crippen LogP contribution in [0.2, 0.25) is 5.02 Å². The number of benzene rings is 1. The minimum Gasteiger partial charge on any atom is -0.465 e. The molecule has 0 amide bonds. The van der Waals surface area contributed by atoms with Crippen LogP contribution in [-0.4, -0.2) is 68.8 Å². The van der Waals surface area contributed by atoms with E-state index >= 15 is 0 Å². The second kappa shape index (κ2) is 8.20. The molecule has 0 saturated carbocycles. The fourth-order valence-corrected chi connectivity index (χ4v) is 3.80. The van der Waals surface area contributed by atoms with Crippen LogP contribution in [0.15, 0.2) is 12.1 Å². The maximum absolute atomic E-state index is 11.8. The number of halogens is 1. The van der Waals surface area contributed by atoms with Gasteiger partial charge < -0.3 is 14.4 Å². The van der Waals surface area contributed by atoms with Gasteiger partial charge in [0.05, 0.1) is 35.8 Å². The first-order valence-corrected chi connectivity index (χ1v) is 8.98. The third-order valence-corrected chi connectivity index (χ3v) is 5.23. The molecule has 0 radical (unpaired) electrons. The lowest BCUT2D eigenvalue weighted by Gasteiger charge is -2.29. The van der Waals surface area contributed by atoms with Gasteiger partial charge in [0.25, 0.3) is 5.69 Å².